The maximum Gasteiger partial charge on any atom is 0.331 e. The van der Waals surface area contributed by atoms with Gasteiger partial charge in [0.15, 0.2) is 11.5 Å². The van der Waals surface area contributed by atoms with Gasteiger partial charge in [-0.1, -0.05) is 23.8 Å². The van der Waals surface area contributed by atoms with E-state index >= 15 is 0 Å². The summed E-state index contributed by atoms with van der Waals surface area (Å²) >= 11 is 0. The second kappa shape index (κ2) is 10.6. The van der Waals surface area contributed by atoms with Gasteiger partial charge in [-0.3, -0.25) is 19.8 Å². The summed E-state index contributed by atoms with van der Waals surface area (Å²) in [5, 5.41) is 2.18. The highest BCUT2D eigenvalue weighted by molar-refractivity contribution is 6.30. The number of imide groups is 2. The summed E-state index contributed by atoms with van der Waals surface area (Å²) in [6, 6.07) is 15.2. The normalized spacial score (nSPS) is 14.7. The molecule has 9 nitrogen and oxygen atoms in total. The van der Waals surface area contributed by atoms with Crippen molar-refractivity contribution in [3.8, 4) is 17.2 Å². The van der Waals surface area contributed by atoms with E-state index < -0.39 is 17.8 Å². The molecule has 3 aromatic rings. The molecule has 0 unspecified atom stereocenters. The molecule has 4 amide bonds. The number of amides is 4. The molecular formula is C26H24N2O7. The minimum atomic E-state index is -0.803. The van der Waals surface area contributed by atoms with Gasteiger partial charge in [-0.2, -0.15) is 0 Å². The number of ether oxygens (including phenoxy) is 3. The van der Waals surface area contributed by atoms with E-state index in [2.05, 4.69) is 5.32 Å². The van der Waals surface area contributed by atoms with E-state index in [1.165, 1.54) is 19.4 Å². The topological polar surface area (TPSA) is 107 Å². The van der Waals surface area contributed by atoms with Gasteiger partial charge in [0.25, 0.3) is 11.8 Å². The van der Waals surface area contributed by atoms with Crippen molar-refractivity contribution >= 4 is 23.9 Å². The summed E-state index contributed by atoms with van der Waals surface area (Å²) < 4.78 is 22.1. The van der Waals surface area contributed by atoms with Crippen LogP contribution in [-0.2, 0) is 16.1 Å². The number of nitrogens with one attached hydrogen (secondary N) is 1. The Kier molecular flexibility index (Phi) is 7.15. The van der Waals surface area contributed by atoms with Crippen LogP contribution in [0.1, 0.15) is 16.9 Å². The van der Waals surface area contributed by atoms with Crippen molar-refractivity contribution in [1.82, 2.24) is 10.2 Å². The maximum atomic E-state index is 12.9. The molecule has 2 heterocycles. The van der Waals surface area contributed by atoms with E-state index in [0.717, 1.165) is 16.2 Å². The number of hydrogen-bond donors (Lipinski definition) is 1. The fourth-order valence-corrected chi connectivity index (χ4v) is 3.40. The SMILES string of the molecule is COc1cc(/C=C2\C(=O)NC(=O)N(Cc3ccco3)C2=O)ccc1OCCOc1ccc(C)cc1. The number of methoxy groups -OCH3 is 1. The van der Waals surface area contributed by atoms with E-state index in [-0.39, 0.29) is 18.7 Å². The van der Waals surface area contributed by atoms with Gasteiger partial charge in [0.1, 0.15) is 30.3 Å². The molecule has 0 radical (unpaired) electrons. The molecular weight excluding hydrogens is 452 g/mol. The van der Waals surface area contributed by atoms with Gasteiger partial charge in [0.05, 0.1) is 19.9 Å². The molecule has 180 valence electrons. The molecule has 0 bridgehead atoms. The molecule has 0 aliphatic carbocycles. The molecule has 1 N–H and O–H groups in total. The second-order valence-corrected chi connectivity index (χ2v) is 7.71. The summed E-state index contributed by atoms with van der Waals surface area (Å²) in [5.41, 5.74) is 1.49. The lowest BCUT2D eigenvalue weighted by molar-refractivity contribution is -0.130. The van der Waals surface area contributed by atoms with Crippen molar-refractivity contribution in [2.75, 3.05) is 20.3 Å². The van der Waals surface area contributed by atoms with Crippen molar-refractivity contribution in [2.45, 2.75) is 13.5 Å². The standard InChI is InChI=1S/C26H24N2O7/c1-17-5-8-19(9-6-17)34-12-13-35-22-10-7-18(15-23(22)32-2)14-21-24(29)27-26(31)28(25(21)30)16-20-4-3-11-33-20/h3-11,14-15H,12-13,16H2,1-2H3,(H,27,29,31)/b21-14+. The Labute approximate surface area is 201 Å². The zero-order chi connectivity index (χ0) is 24.8. The van der Waals surface area contributed by atoms with Crippen LogP contribution in [0.25, 0.3) is 6.08 Å². The lowest BCUT2D eigenvalue weighted by Crippen LogP contribution is -2.53. The number of benzene rings is 2. The van der Waals surface area contributed by atoms with E-state index in [9.17, 15) is 14.4 Å². The van der Waals surface area contributed by atoms with Gasteiger partial charge in [0.2, 0.25) is 0 Å². The Morgan fingerprint density at radius 3 is 2.46 bits per heavy atom. The van der Waals surface area contributed by atoms with Gasteiger partial charge in [-0.15, -0.1) is 0 Å². The van der Waals surface area contributed by atoms with E-state index in [1.807, 2.05) is 31.2 Å². The number of barbiturate groups is 1. The van der Waals surface area contributed by atoms with Crippen LogP contribution in [-0.4, -0.2) is 43.1 Å². The number of hydrogen-bond acceptors (Lipinski definition) is 7. The summed E-state index contributed by atoms with van der Waals surface area (Å²) in [4.78, 5) is 38.3. The van der Waals surface area contributed by atoms with E-state index in [1.54, 1.807) is 30.3 Å². The van der Waals surface area contributed by atoms with Gasteiger partial charge in [0, 0.05) is 0 Å². The van der Waals surface area contributed by atoms with E-state index in [0.29, 0.717) is 29.4 Å². The molecule has 0 atom stereocenters. The van der Waals surface area contributed by atoms with Crippen molar-refractivity contribution in [1.29, 1.82) is 0 Å². The smallest absolute Gasteiger partial charge is 0.331 e. The number of urea groups is 1. The largest absolute Gasteiger partial charge is 0.493 e. The summed E-state index contributed by atoms with van der Waals surface area (Å²) in [6.45, 7) is 2.54. The van der Waals surface area contributed by atoms with Crippen LogP contribution in [0.2, 0.25) is 0 Å². The molecule has 0 spiro atoms. The minimum Gasteiger partial charge on any atom is -0.493 e. The first-order valence-corrected chi connectivity index (χ1v) is 10.9. The Morgan fingerprint density at radius 1 is 0.971 bits per heavy atom. The number of nitrogens with zero attached hydrogens (tertiary/aromatic N) is 1. The van der Waals surface area contributed by atoms with Crippen LogP contribution in [0.3, 0.4) is 0 Å². The Morgan fingerprint density at radius 2 is 1.74 bits per heavy atom. The van der Waals surface area contributed by atoms with Crippen LogP contribution in [0, 0.1) is 6.92 Å². The third-order valence-electron chi connectivity index (χ3n) is 5.21. The number of furan rings is 1. The number of aryl methyl sites for hydroxylation is 1. The predicted molar refractivity (Wildman–Crippen MR) is 126 cm³/mol. The molecule has 35 heavy (non-hydrogen) atoms. The molecule has 1 aliphatic rings. The van der Waals surface area contributed by atoms with Crippen LogP contribution in [0.5, 0.6) is 17.2 Å². The highest BCUT2D eigenvalue weighted by atomic mass is 16.5. The molecule has 1 fully saturated rings. The van der Waals surface area contributed by atoms with Crippen molar-refractivity contribution in [3.63, 3.8) is 0 Å². The van der Waals surface area contributed by atoms with Crippen LogP contribution >= 0.6 is 0 Å². The number of carbonyl (C=O) groups is 3. The van der Waals surface area contributed by atoms with Gasteiger partial charge < -0.3 is 18.6 Å². The molecule has 4 rings (SSSR count). The molecule has 1 aromatic heterocycles. The maximum absolute atomic E-state index is 12.9. The first-order chi connectivity index (χ1) is 16.9. The van der Waals surface area contributed by atoms with Crippen molar-refractivity contribution in [2.24, 2.45) is 0 Å². The van der Waals surface area contributed by atoms with E-state index in [4.69, 9.17) is 18.6 Å². The number of carbonyl (C=O) groups excluding carboxylic acids is 3. The van der Waals surface area contributed by atoms with Crippen LogP contribution in [0.4, 0.5) is 4.79 Å². The Bertz CT molecular complexity index is 1250. The van der Waals surface area contributed by atoms with Crippen molar-refractivity contribution in [3.05, 3.63) is 83.3 Å². The third-order valence-corrected chi connectivity index (χ3v) is 5.21. The van der Waals surface area contributed by atoms with Crippen molar-refractivity contribution < 1.29 is 33.0 Å². The fourth-order valence-electron chi connectivity index (χ4n) is 3.40. The lowest BCUT2D eigenvalue weighted by Gasteiger charge is -2.25. The van der Waals surface area contributed by atoms with Crippen LogP contribution < -0.4 is 19.5 Å². The first-order valence-electron chi connectivity index (χ1n) is 10.9. The summed E-state index contributed by atoms with van der Waals surface area (Å²) in [6.07, 6.45) is 2.83. The van der Waals surface area contributed by atoms with Gasteiger partial charge >= 0.3 is 6.03 Å². The lowest BCUT2D eigenvalue weighted by atomic mass is 10.1. The highest BCUT2D eigenvalue weighted by Crippen LogP contribution is 2.29. The third kappa shape index (κ3) is 5.70. The quantitative estimate of drug-likeness (QED) is 0.285. The molecule has 1 saturated heterocycles. The van der Waals surface area contributed by atoms with Gasteiger partial charge in [-0.05, 0) is 55.0 Å². The predicted octanol–water partition coefficient (Wildman–Crippen LogP) is 3.72. The summed E-state index contributed by atoms with van der Waals surface area (Å²) in [7, 11) is 1.49. The molecule has 0 saturated carbocycles. The first kappa shape index (κ1) is 23.6. The van der Waals surface area contributed by atoms with Gasteiger partial charge in [-0.25, -0.2) is 4.79 Å². The average Bonchev–Trinajstić information content (AvgIpc) is 3.37. The second-order valence-electron chi connectivity index (χ2n) is 7.71. The Balaban J connectivity index is 1.43. The Hall–Kier alpha value is -4.53. The zero-order valence-corrected chi connectivity index (χ0v) is 19.3. The molecule has 2 aromatic carbocycles. The number of rotatable bonds is 9. The fraction of sp³-hybridized carbons (Fsp3) is 0.192. The van der Waals surface area contributed by atoms with Crippen LogP contribution in [0.15, 0.2) is 70.9 Å². The zero-order valence-electron chi connectivity index (χ0n) is 19.3. The highest BCUT2D eigenvalue weighted by Gasteiger charge is 2.36. The molecule has 1 aliphatic heterocycles. The summed E-state index contributed by atoms with van der Waals surface area (Å²) in [5.74, 6) is 0.573. The monoisotopic (exact) mass is 476 g/mol. The average molecular weight is 476 g/mol. The molecule has 9 heteroatoms. The minimum absolute atomic E-state index is 0.0942.